The number of carbonyl (C=O) groups is 1. The lowest BCUT2D eigenvalue weighted by atomic mass is 10.1. The number of benzene rings is 2. The minimum atomic E-state index is -0.212. The predicted molar refractivity (Wildman–Crippen MR) is 130 cm³/mol. The molecule has 2 aromatic carbocycles. The maximum absolute atomic E-state index is 13.0. The number of halogens is 1. The zero-order valence-electron chi connectivity index (χ0n) is 18.9. The first kappa shape index (κ1) is 22.9. The molecule has 0 aliphatic carbocycles. The molecular formula is C27H31FN4O. The molecular weight excluding hydrogens is 415 g/mol. The normalized spacial score (nSPS) is 15.2. The maximum Gasteiger partial charge on any atom is 0.225 e. The Morgan fingerprint density at radius 1 is 1.06 bits per heavy atom. The molecule has 1 amide bonds. The van der Waals surface area contributed by atoms with Gasteiger partial charge in [0, 0.05) is 32.1 Å². The van der Waals surface area contributed by atoms with E-state index in [0.717, 1.165) is 56.7 Å². The van der Waals surface area contributed by atoms with Crippen molar-refractivity contribution in [2.45, 2.75) is 38.1 Å². The van der Waals surface area contributed by atoms with Gasteiger partial charge in [0.05, 0.1) is 12.2 Å². The summed E-state index contributed by atoms with van der Waals surface area (Å²) in [6.45, 7) is 2.82. The molecule has 1 fully saturated rings. The standard InChI is InChI=1S/C27H31FN4O/c28-24-13-11-23(12-14-24)9-5-19-31-20-16-25(17-21-31)32-26(15-18-29-32)30-27(33)10-4-8-22-6-2-1-3-7-22/h1-3,5-7,9,11-15,18,25H,4,8,10,16-17,19-21H2,(H,30,33)/b9-5+. The van der Waals surface area contributed by atoms with Crippen molar-refractivity contribution < 1.29 is 9.18 Å². The van der Waals surface area contributed by atoms with E-state index >= 15 is 0 Å². The van der Waals surface area contributed by atoms with Crippen LogP contribution < -0.4 is 5.32 Å². The van der Waals surface area contributed by atoms with Gasteiger partial charge in [-0.25, -0.2) is 9.07 Å². The Morgan fingerprint density at radius 3 is 2.58 bits per heavy atom. The van der Waals surface area contributed by atoms with Crippen LogP contribution in [0.25, 0.3) is 6.08 Å². The number of anilines is 1. The van der Waals surface area contributed by atoms with Crippen LogP contribution in [0.2, 0.25) is 0 Å². The van der Waals surface area contributed by atoms with E-state index in [2.05, 4.69) is 33.5 Å². The van der Waals surface area contributed by atoms with Gasteiger partial charge in [0.2, 0.25) is 5.91 Å². The fraction of sp³-hybridized carbons (Fsp3) is 0.333. The average Bonchev–Trinajstić information content (AvgIpc) is 3.29. The lowest BCUT2D eigenvalue weighted by molar-refractivity contribution is -0.116. The third-order valence-electron chi connectivity index (χ3n) is 6.10. The molecule has 1 saturated heterocycles. The zero-order valence-corrected chi connectivity index (χ0v) is 18.9. The van der Waals surface area contributed by atoms with Crippen molar-refractivity contribution in [3.8, 4) is 0 Å². The van der Waals surface area contributed by atoms with Gasteiger partial charge in [0.1, 0.15) is 11.6 Å². The molecule has 172 valence electrons. The molecule has 5 nitrogen and oxygen atoms in total. The Balaban J connectivity index is 1.21. The van der Waals surface area contributed by atoms with E-state index in [-0.39, 0.29) is 17.8 Å². The van der Waals surface area contributed by atoms with Crippen molar-refractivity contribution >= 4 is 17.8 Å². The van der Waals surface area contributed by atoms with Crippen molar-refractivity contribution in [1.82, 2.24) is 14.7 Å². The highest BCUT2D eigenvalue weighted by Crippen LogP contribution is 2.25. The van der Waals surface area contributed by atoms with E-state index < -0.39 is 0 Å². The van der Waals surface area contributed by atoms with Crippen molar-refractivity contribution in [3.63, 3.8) is 0 Å². The van der Waals surface area contributed by atoms with Gasteiger partial charge in [0.15, 0.2) is 0 Å². The zero-order chi connectivity index (χ0) is 22.9. The van der Waals surface area contributed by atoms with Gasteiger partial charge in [0.25, 0.3) is 0 Å². The van der Waals surface area contributed by atoms with E-state index in [1.165, 1.54) is 17.7 Å². The van der Waals surface area contributed by atoms with Crippen LogP contribution in [0.5, 0.6) is 0 Å². The highest BCUT2D eigenvalue weighted by molar-refractivity contribution is 5.89. The predicted octanol–water partition coefficient (Wildman–Crippen LogP) is 5.33. The third kappa shape index (κ3) is 6.86. The summed E-state index contributed by atoms with van der Waals surface area (Å²) in [7, 11) is 0. The molecule has 2 heterocycles. The van der Waals surface area contributed by atoms with E-state index in [1.54, 1.807) is 18.3 Å². The van der Waals surface area contributed by atoms with Gasteiger partial charge in [-0.2, -0.15) is 5.10 Å². The number of likely N-dealkylation sites (tertiary alicyclic amines) is 1. The van der Waals surface area contributed by atoms with Crippen LogP contribution in [0.15, 0.2) is 72.9 Å². The van der Waals surface area contributed by atoms with Crippen LogP contribution >= 0.6 is 0 Å². The molecule has 0 radical (unpaired) electrons. The molecule has 0 bridgehead atoms. The Morgan fingerprint density at radius 2 is 1.82 bits per heavy atom. The minimum absolute atomic E-state index is 0.0380. The summed E-state index contributed by atoms with van der Waals surface area (Å²) in [5.74, 6) is 0.612. The number of hydrogen-bond donors (Lipinski definition) is 1. The molecule has 0 unspecified atom stereocenters. The molecule has 1 aliphatic rings. The topological polar surface area (TPSA) is 50.2 Å². The molecule has 0 saturated carbocycles. The number of rotatable bonds is 9. The first-order valence-electron chi connectivity index (χ1n) is 11.7. The molecule has 3 aromatic rings. The van der Waals surface area contributed by atoms with Crippen LogP contribution in [0, 0.1) is 5.82 Å². The quantitative estimate of drug-likeness (QED) is 0.483. The van der Waals surface area contributed by atoms with E-state index in [0.29, 0.717) is 6.42 Å². The third-order valence-corrected chi connectivity index (χ3v) is 6.10. The monoisotopic (exact) mass is 446 g/mol. The number of piperidine rings is 1. The Labute approximate surface area is 194 Å². The van der Waals surface area contributed by atoms with Gasteiger partial charge in [-0.1, -0.05) is 54.6 Å². The fourth-order valence-corrected chi connectivity index (χ4v) is 4.27. The van der Waals surface area contributed by atoms with Crippen molar-refractivity contribution in [2.75, 3.05) is 25.0 Å². The number of nitrogens with zero attached hydrogens (tertiary/aromatic N) is 3. The number of hydrogen-bond acceptors (Lipinski definition) is 3. The maximum atomic E-state index is 13.0. The summed E-state index contributed by atoms with van der Waals surface area (Å²) in [6, 6.07) is 19.0. The lowest BCUT2D eigenvalue weighted by Crippen LogP contribution is -2.35. The molecule has 33 heavy (non-hydrogen) atoms. The van der Waals surface area contributed by atoms with Crippen LogP contribution in [-0.4, -0.2) is 40.2 Å². The highest BCUT2D eigenvalue weighted by atomic mass is 19.1. The number of carbonyl (C=O) groups excluding carboxylic acids is 1. The Kier molecular flexibility index (Phi) is 8.04. The van der Waals surface area contributed by atoms with Gasteiger partial charge < -0.3 is 5.32 Å². The first-order chi connectivity index (χ1) is 16.2. The minimum Gasteiger partial charge on any atom is -0.311 e. The fourth-order valence-electron chi connectivity index (χ4n) is 4.27. The van der Waals surface area contributed by atoms with Gasteiger partial charge in [-0.05, 0) is 48.9 Å². The summed E-state index contributed by atoms with van der Waals surface area (Å²) < 4.78 is 15.0. The second-order valence-corrected chi connectivity index (χ2v) is 8.53. The van der Waals surface area contributed by atoms with E-state index in [9.17, 15) is 9.18 Å². The van der Waals surface area contributed by atoms with Crippen molar-refractivity contribution in [2.24, 2.45) is 0 Å². The SMILES string of the molecule is O=C(CCCc1ccccc1)Nc1ccnn1C1CCN(C/C=C/c2ccc(F)cc2)CC1. The van der Waals surface area contributed by atoms with Crippen molar-refractivity contribution in [3.05, 3.63) is 89.9 Å². The lowest BCUT2D eigenvalue weighted by Gasteiger charge is -2.32. The number of aromatic nitrogens is 2. The Bertz CT molecular complexity index is 1040. The average molecular weight is 447 g/mol. The van der Waals surface area contributed by atoms with Gasteiger partial charge in [-0.3, -0.25) is 9.69 Å². The van der Waals surface area contributed by atoms with Crippen molar-refractivity contribution in [1.29, 1.82) is 0 Å². The van der Waals surface area contributed by atoms with Crippen LogP contribution in [0.1, 0.15) is 42.9 Å². The molecule has 6 heteroatoms. The molecule has 1 N–H and O–H groups in total. The molecule has 0 spiro atoms. The molecule has 4 rings (SSSR count). The van der Waals surface area contributed by atoms with E-state index in [1.807, 2.05) is 35.0 Å². The van der Waals surface area contributed by atoms with Crippen LogP contribution in [-0.2, 0) is 11.2 Å². The second-order valence-electron chi connectivity index (χ2n) is 8.53. The summed E-state index contributed by atoms with van der Waals surface area (Å²) >= 11 is 0. The molecule has 1 aromatic heterocycles. The van der Waals surface area contributed by atoms with Crippen LogP contribution in [0.3, 0.4) is 0 Å². The highest BCUT2D eigenvalue weighted by Gasteiger charge is 2.22. The molecule has 1 aliphatic heterocycles. The van der Waals surface area contributed by atoms with Crippen LogP contribution in [0.4, 0.5) is 10.2 Å². The van der Waals surface area contributed by atoms with Gasteiger partial charge in [-0.15, -0.1) is 0 Å². The first-order valence-corrected chi connectivity index (χ1v) is 11.7. The summed E-state index contributed by atoms with van der Waals surface area (Å²) in [4.78, 5) is 14.9. The number of amides is 1. The number of nitrogens with one attached hydrogen (secondary N) is 1. The summed E-state index contributed by atoms with van der Waals surface area (Å²) in [5.41, 5.74) is 2.27. The Hall–Kier alpha value is -3.25. The van der Waals surface area contributed by atoms with E-state index in [4.69, 9.17) is 0 Å². The summed E-state index contributed by atoms with van der Waals surface area (Å²) in [5, 5.41) is 7.55. The largest absolute Gasteiger partial charge is 0.311 e. The smallest absolute Gasteiger partial charge is 0.225 e. The second kappa shape index (κ2) is 11.6. The van der Waals surface area contributed by atoms with Gasteiger partial charge >= 0.3 is 0 Å². The molecule has 0 atom stereocenters. The summed E-state index contributed by atoms with van der Waals surface area (Å²) in [6.07, 6.45) is 10.1. The number of aryl methyl sites for hydroxylation is 1.